The molecular formula is C26H24N4O3S. The molecular weight excluding hydrogens is 448 g/mol. The summed E-state index contributed by atoms with van der Waals surface area (Å²) >= 11 is 1.40. The zero-order valence-electron chi connectivity index (χ0n) is 18.5. The molecule has 0 spiro atoms. The van der Waals surface area contributed by atoms with Gasteiger partial charge >= 0.3 is 0 Å². The van der Waals surface area contributed by atoms with Crippen LogP contribution in [0.5, 0.6) is 5.75 Å². The molecule has 0 saturated carbocycles. The first-order valence-corrected chi connectivity index (χ1v) is 12.1. The smallest absolute Gasteiger partial charge is 0.260 e. The molecule has 3 aromatic carbocycles. The zero-order valence-corrected chi connectivity index (χ0v) is 19.3. The average molecular weight is 473 g/mol. The molecule has 0 bridgehead atoms. The van der Waals surface area contributed by atoms with Crippen molar-refractivity contribution in [2.75, 3.05) is 17.2 Å². The molecule has 1 aromatic heterocycles. The first-order valence-electron chi connectivity index (χ1n) is 11.1. The van der Waals surface area contributed by atoms with E-state index in [9.17, 15) is 9.59 Å². The van der Waals surface area contributed by atoms with E-state index in [-0.39, 0.29) is 18.2 Å². The molecule has 4 aromatic rings. The maximum absolute atomic E-state index is 13.3. The highest BCUT2D eigenvalue weighted by molar-refractivity contribution is 7.99. The van der Waals surface area contributed by atoms with Gasteiger partial charge in [-0.1, -0.05) is 66.4 Å². The topological polar surface area (TPSA) is 90.5 Å². The molecule has 0 radical (unpaired) electrons. The number of rotatable bonds is 7. The highest BCUT2D eigenvalue weighted by Gasteiger charge is 2.32. The van der Waals surface area contributed by atoms with Crippen molar-refractivity contribution in [1.29, 1.82) is 0 Å². The van der Waals surface area contributed by atoms with Gasteiger partial charge in [0.05, 0.1) is 29.0 Å². The van der Waals surface area contributed by atoms with Crippen molar-refractivity contribution in [3.63, 3.8) is 0 Å². The predicted molar refractivity (Wildman–Crippen MR) is 133 cm³/mol. The minimum atomic E-state index is -0.876. The van der Waals surface area contributed by atoms with E-state index in [1.54, 1.807) is 17.0 Å². The number of imidazole rings is 1. The summed E-state index contributed by atoms with van der Waals surface area (Å²) in [6.07, 6.45) is -0.0147. The van der Waals surface area contributed by atoms with E-state index in [2.05, 4.69) is 22.8 Å². The maximum Gasteiger partial charge on any atom is 0.260 e. The molecule has 0 aliphatic carbocycles. The summed E-state index contributed by atoms with van der Waals surface area (Å²) < 4.78 is 7.84. The van der Waals surface area contributed by atoms with E-state index in [0.29, 0.717) is 11.4 Å². The Morgan fingerprint density at radius 3 is 2.56 bits per heavy atom. The summed E-state index contributed by atoms with van der Waals surface area (Å²) in [6.45, 7) is 0.849. The average Bonchev–Trinajstić information content (AvgIpc) is 3.23. The van der Waals surface area contributed by atoms with E-state index < -0.39 is 12.0 Å². The Labute approximate surface area is 201 Å². The molecule has 0 fully saturated rings. The Morgan fingerprint density at radius 1 is 1.00 bits per heavy atom. The van der Waals surface area contributed by atoms with E-state index in [1.165, 1.54) is 17.3 Å². The number of primary amides is 1. The minimum Gasteiger partial charge on any atom is -0.477 e. The molecule has 2 N–H and O–H groups in total. The number of nitrogens with zero attached hydrogens (tertiary/aromatic N) is 3. The van der Waals surface area contributed by atoms with Gasteiger partial charge in [-0.3, -0.25) is 9.59 Å². The molecule has 1 aliphatic heterocycles. The third kappa shape index (κ3) is 4.49. The molecule has 5 rings (SSSR count). The number of hydrogen-bond acceptors (Lipinski definition) is 5. The number of anilines is 1. The number of aryl methyl sites for hydroxylation is 2. The Kier molecular flexibility index (Phi) is 6.22. The quantitative estimate of drug-likeness (QED) is 0.415. The van der Waals surface area contributed by atoms with Crippen LogP contribution < -0.4 is 15.4 Å². The lowest BCUT2D eigenvalue weighted by Gasteiger charge is -2.33. The normalized spacial score (nSPS) is 15.1. The number of amides is 2. The standard InChI is InChI=1S/C26H24N4O3S/c27-25(32)23-16-30(21-12-6-7-13-22(21)33-23)24(31)17-34-26-28-19-10-4-5-11-20(19)29(26)15-14-18-8-2-1-3-9-18/h1-13,23H,14-17H2,(H2,27,32)/t23-/m1/s1. The molecule has 2 heterocycles. The predicted octanol–water partition coefficient (Wildman–Crippen LogP) is 3.65. The Hall–Kier alpha value is -3.78. The van der Waals surface area contributed by atoms with Gasteiger partial charge in [-0.25, -0.2) is 4.98 Å². The number of nitrogens with two attached hydrogens (primary N) is 1. The summed E-state index contributed by atoms with van der Waals surface area (Å²) in [5.41, 5.74) is 9.30. The lowest BCUT2D eigenvalue weighted by Crippen LogP contribution is -2.49. The van der Waals surface area contributed by atoms with Crippen LogP contribution in [-0.2, 0) is 22.6 Å². The number of carbonyl (C=O) groups excluding carboxylic acids is 2. The van der Waals surface area contributed by atoms with Crippen LogP contribution in [0.2, 0.25) is 0 Å². The van der Waals surface area contributed by atoms with Crippen molar-refractivity contribution in [2.45, 2.75) is 24.2 Å². The van der Waals surface area contributed by atoms with E-state index in [1.807, 2.05) is 48.5 Å². The van der Waals surface area contributed by atoms with Crippen molar-refractivity contribution >= 4 is 40.3 Å². The van der Waals surface area contributed by atoms with Crippen LogP contribution in [0, 0.1) is 0 Å². The van der Waals surface area contributed by atoms with Gasteiger partial charge in [0.15, 0.2) is 11.3 Å². The van der Waals surface area contributed by atoms with Gasteiger partial charge in [-0.15, -0.1) is 0 Å². The van der Waals surface area contributed by atoms with Gasteiger partial charge in [0, 0.05) is 6.54 Å². The van der Waals surface area contributed by atoms with Gasteiger partial charge in [-0.2, -0.15) is 0 Å². The third-order valence-corrected chi connectivity index (χ3v) is 6.76. The number of benzene rings is 3. The fourth-order valence-corrected chi connectivity index (χ4v) is 5.00. The molecule has 2 amide bonds. The van der Waals surface area contributed by atoms with Gasteiger partial charge < -0.3 is 19.9 Å². The molecule has 0 saturated heterocycles. The number of ether oxygens (including phenoxy) is 1. The number of fused-ring (bicyclic) bond motifs is 2. The molecule has 8 heteroatoms. The molecule has 1 aliphatic rings. The second kappa shape index (κ2) is 9.61. The van der Waals surface area contributed by atoms with Crippen molar-refractivity contribution in [3.8, 4) is 5.75 Å². The van der Waals surface area contributed by atoms with Crippen LogP contribution in [0.15, 0.2) is 84.0 Å². The van der Waals surface area contributed by atoms with E-state index in [0.717, 1.165) is 29.2 Å². The van der Waals surface area contributed by atoms with Gasteiger partial charge in [0.2, 0.25) is 5.91 Å². The van der Waals surface area contributed by atoms with Gasteiger partial charge in [0.25, 0.3) is 5.91 Å². The lowest BCUT2D eigenvalue weighted by atomic mass is 10.1. The third-order valence-electron chi connectivity index (χ3n) is 5.80. The Bertz CT molecular complexity index is 1340. The highest BCUT2D eigenvalue weighted by Crippen LogP contribution is 2.34. The van der Waals surface area contributed by atoms with Gasteiger partial charge in [-0.05, 0) is 36.2 Å². The van der Waals surface area contributed by atoms with Crippen molar-refractivity contribution in [2.24, 2.45) is 5.73 Å². The minimum absolute atomic E-state index is 0.0934. The van der Waals surface area contributed by atoms with E-state index >= 15 is 0 Å². The fraction of sp³-hybridized carbons (Fsp3) is 0.192. The fourth-order valence-electron chi connectivity index (χ4n) is 4.09. The maximum atomic E-state index is 13.3. The van der Waals surface area contributed by atoms with Crippen LogP contribution in [0.25, 0.3) is 11.0 Å². The van der Waals surface area contributed by atoms with Crippen molar-refractivity contribution in [1.82, 2.24) is 9.55 Å². The second-order valence-corrected chi connectivity index (χ2v) is 8.98. The summed E-state index contributed by atoms with van der Waals surface area (Å²) in [5.74, 6) is -0.0728. The lowest BCUT2D eigenvalue weighted by molar-refractivity contribution is -0.125. The van der Waals surface area contributed by atoms with E-state index in [4.69, 9.17) is 15.5 Å². The molecule has 34 heavy (non-hydrogen) atoms. The summed E-state index contributed by atoms with van der Waals surface area (Å²) in [4.78, 5) is 31.4. The van der Waals surface area contributed by atoms with Crippen molar-refractivity contribution < 1.29 is 14.3 Å². The largest absolute Gasteiger partial charge is 0.477 e. The van der Waals surface area contributed by atoms with Gasteiger partial charge in [0.1, 0.15) is 5.75 Å². The number of aromatic nitrogens is 2. The van der Waals surface area contributed by atoms with Crippen LogP contribution in [0.3, 0.4) is 0 Å². The summed E-state index contributed by atoms with van der Waals surface area (Å²) in [6, 6.07) is 25.5. The Morgan fingerprint density at radius 2 is 1.74 bits per heavy atom. The molecule has 172 valence electrons. The van der Waals surface area contributed by atoms with Crippen molar-refractivity contribution in [3.05, 3.63) is 84.4 Å². The number of thioether (sulfide) groups is 1. The van der Waals surface area contributed by atoms with Crippen LogP contribution in [0.4, 0.5) is 5.69 Å². The zero-order chi connectivity index (χ0) is 23.5. The number of hydrogen-bond donors (Lipinski definition) is 1. The van der Waals surface area contributed by atoms with Crippen LogP contribution >= 0.6 is 11.8 Å². The second-order valence-electron chi connectivity index (χ2n) is 8.04. The highest BCUT2D eigenvalue weighted by atomic mass is 32.2. The number of carbonyl (C=O) groups is 2. The molecule has 0 unspecified atom stereocenters. The first kappa shape index (κ1) is 22.0. The summed E-state index contributed by atoms with van der Waals surface area (Å²) in [7, 11) is 0. The van der Waals surface area contributed by atoms with Crippen LogP contribution in [-0.4, -0.2) is 39.8 Å². The van der Waals surface area contributed by atoms with Crippen LogP contribution in [0.1, 0.15) is 5.56 Å². The molecule has 7 nitrogen and oxygen atoms in total. The number of para-hydroxylation sites is 4. The SMILES string of the molecule is NC(=O)[C@H]1CN(C(=O)CSc2nc3ccccc3n2CCc2ccccc2)c2ccccc2O1. The summed E-state index contributed by atoms with van der Waals surface area (Å²) in [5, 5.41) is 0.790. The first-order chi connectivity index (χ1) is 16.6. The Balaban J connectivity index is 1.36. The molecule has 1 atom stereocenters. The monoisotopic (exact) mass is 472 g/mol.